The van der Waals surface area contributed by atoms with Gasteiger partial charge in [0.1, 0.15) is 17.6 Å². The average Bonchev–Trinajstić information content (AvgIpc) is 3.36. The Kier molecular flexibility index (Phi) is 12.3. The molecule has 2 N–H and O–H groups in total. The van der Waals surface area contributed by atoms with Crippen LogP contribution in [0, 0.1) is 10.8 Å². The quantitative estimate of drug-likeness (QED) is 0.0864. The Hall–Kier alpha value is -3.54. The summed E-state index contributed by atoms with van der Waals surface area (Å²) in [5.74, 6) is -0.0577. The first-order valence-corrected chi connectivity index (χ1v) is 16.3. The second-order valence-electron chi connectivity index (χ2n) is 12.4. The van der Waals surface area contributed by atoms with Crippen molar-refractivity contribution in [1.29, 1.82) is 0 Å². The van der Waals surface area contributed by atoms with Gasteiger partial charge in [-0.05, 0) is 72.1 Å². The summed E-state index contributed by atoms with van der Waals surface area (Å²) in [6.45, 7) is 10.3. The van der Waals surface area contributed by atoms with Crippen molar-refractivity contribution in [2.45, 2.75) is 79.9 Å². The number of nitrogen functional groups attached to an aromatic ring is 1. The number of carbonyl (C=O) groups is 2. The van der Waals surface area contributed by atoms with Gasteiger partial charge >= 0.3 is 19.5 Å². The molecule has 0 saturated carbocycles. The number of nitrogens with zero attached hydrogens (tertiary/aromatic N) is 4. The third-order valence-electron chi connectivity index (χ3n) is 6.37. The maximum atomic E-state index is 13.6. The normalized spacial score (nSPS) is 12.3. The molecule has 0 fully saturated rings. The Morgan fingerprint density at radius 3 is 2.16 bits per heavy atom. The van der Waals surface area contributed by atoms with Crippen LogP contribution in [-0.2, 0) is 45.4 Å². The molecule has 0 aliphatic heterocycles. The SMILES string of the molecule is CC(C)(C)C(=O)OCOP(=O)(Cc1cccc(OCCCCCCn2cnc3c(N)ncnc32)c1)OCOC(=O)C(C)(C)C. The Bertz CT molecular complexity index is 1410. The van der Waals surface area contributed by atoms with Gasteiger partial charge in [0.25, 0.3) is 0 Å². The topological polar surface area (TPSA) is 167 Å². The lowest BCUT2D eigenvalue weighted by molar-refractivity contribution is -0.162. The molecule has 13 nitrogen and oxygen atoms in total. The number of hydrogen-bond acceptors (Lipinski definition) is 12. The van der Waals surface area contributed by atoms with Gasteiger partial charge in [-0.2, -0.15) is 0 Å². The molecule has 0 radical (unpaired) electrons. The van der Waals surface area contributed by atoms with Gasteiger partial charge in [0, 0.05) is 6.54 Å². The fourth-order valence-corrected chi connectivity index (χ4v) is 5.16. The predicted octanol–water partition coefficient (Wildman–Crippen LogP) is 5.87. The van der Waals surface area contributed by atoms with E-state index in [0.29, 0.717) is 29.3 Å². The number of hydrogen-bond donors (Lipinski definition) is 1. The number of imidazole rings is 1. The zero-order valence-corrected chi connectivity index (χ0v) is 27.3. The lowest BCUT2D eigenvalue weighted by Crippen LogP contribution is -2.24. The number of unbranched alkanes of at least 4 members (excludes halogenated alkanes) is 3. The Labute approximate surface area is 258 Å². The number of rotatable bonds is 16. The maximum Gasteiger partial charge on any atom is 0.340 e. The molecule has 2 aromatic heterocycles. The van der Waals surface area contributed by atoms with Crippen molar-refractivity contribution in [3.63, 3.8) is 0 Å². The monoisotopic (exact) mass is 633 g/mol. The molecule has 1 aromatic carbocycles. The number of aromatic nitrogens is 4. The molecule has 0 bridgehead atoms. The van der Waals surface area contributed by atoms with Crippen molar-refractivity contribution >= 4 is 36.5 Å². The standard InChI is InChI=1S/C30H44N5O8P/c1-29(2,3)27(36)40-20-42-44(38,43-21-41-28(37)30(4,5)6)17-22-12-11-13-23(16-22)39-15-10-8-7-9-14-35-19-34-24-25(31)32-18-33-26(24)35/h11-13,16,18-19H,7-10,14-15,17,20-21H2,1-6H3,(H2,31,32,33). The molecule has 0 atom stereocenters. The highest BCUT2D eigenvalue weighted by atomic mass is 31.2. The second kappa shape index (κ2) is 15.5. The first-order valence-electron chi connectivity index (χ1n) is 14.5. The van der Waals surface area contributed by atoms with E-state index in [4.69, 9.17) is 29.0 Å². The van der Waals surface area contributed by atoms with Gasteiger partial charge in [0.15, 0.2) is 11.5 Å². The molecule has 0 amide bonds. The molecule has 0 aliphatic carbocycles. The second-order valence-corrected chi connectivity index (χ2v) is 14.5. The van der Waals surface area contributed by atoms with Crippen LogP contribution in [0.25, 0.3) is 11.2 Å². The van der Waals surface area contributed by atoms with Crippen LogP contribution in [0.15, 0.2) is 36.9 Å². The van der Waals surface area contributed by atoms with E-state index < -0.39 is 44.0 Å². The van der Waals surface area contributed by atoms with Crippen LogP contribution in [0.2, 0.25) is 0 Å². The number of aryl methyl sites for hydroxylation is 1. The van der Waals surface area contributed by atoms with Gasteiger partial charge in [-0.3, -0.25) is 23.2 Å². The molecule has 242 valence electrons. The lowest BCUT2D eigenvalue weighted by atomic mass is 9.98. The number of benzene rings is 1. The van der Waals surface area contributed by atoms with E-state index in [1.54, 1.807) is 66.1 Å². The van der Waals surface area contributed by atoms with Crippen LogP contribution in [0.4, 0.5) is 5.82 Å². The first kappa shape index (κ1) is 34.9. The van der Waals surface area contributed by atoms with Crippen molar-refractivity contribution < 1.29 is 37.4 Å². The zero-order chi connectivity index (χ0) is 32.4. The molecule has 0 spiro atoms. The predicted molar refractivity (Wildman–Crippen MR) is 164 cm³/mol. The lowest BCUT2D eigenvalue weighted by Gasteiger charge is -2.22. The molecule has 2 heterocycles. The van der Waals surface area contributed by atoms with Gasteiger partial charge in [-0.15, -0.1) is 0 Å². The Morgan fingerprint density at radius 1 is 0.886 bits per heavy atom. The third kappa shape index (κ3) is 10.9. The number of anilines is 1. The average molecular weight is 634 g/mol. The van der Waals surface area contributed by atoms with Gasteiger partial charge in [0.05, 0.1) is 29.9 Å². The van der Waals surface area contributed by atoms with E-state index in [9.17, 15) is 14.2 Å². The summed E-state index contributed by atoms with van der Waals surface area (Å²) in [7, 11) is -3.89. The summed E-state index contributed by atoms with van der Waals surface area (Å²) < 4.78 is 42.6. The smallest absolute Gasteiger partial charge is 0.340 e. The van der Waals surface area contributed by atoms with Crippen molar-refractivity contribution in [3.05, 3.63) is 42.5 Å². The molecule has 3 rings (SSSR count). The van der Waals surface area contributed by atoms with E-state index in [0.717, 1.165) is 37.9 Å². The van der Waals surface area contributed by atoms with Crippen molar-refractivity contribution in [1.82, 2.24) is 19.5 Å². The zero-order valence-electron chi connectivity index (χ0n) is 26.4. The molecular formula is C30H44N5O8P. The molecule has 44 heavy (non-hydrogen) atoms. The summed E-state index contributed by atoms with van der Waals surface area (Å²) in [6.07, 6.45) is 6.81. The van der Waals surface area contributed by atoms with Crippen LogP contribution >= 0.6 is 7.60 Å². The van der Waals surface area contributed by atoms with Crippen LogP contribution in [0.5, 0.6) is 5.75 Å². The van der Waals surface area contributed by atoms with Gasteiger partial charge < -0.3 is 24.5 Å². The Balaban J connectivity index is 1.48. The summed E-state index contributed by atoms with van der Waals surface area (Å²) in [4.78, 5) is 36.8. The molecule has 0 aliphatic rings. The number of esters is 2. The summed E-state index contributed by atoms with van der Waals surface area (Å²) >= 11 is 0. The van der Waals surface area contributed by atoms with E-state index >= 15 is 0 Å². The Morgan fingerprint density at radius 2 is 1.52 bits per heavy atom. The van der Waals surface area contributed by atoms with E-state index in [-0.39, 0.29) is 6.16 Å². The van der Waals surface area contributed by atoms with E-state index in [2.05, 4.69) is 15.0 Å². The van der Waals surface area contributed by atoms with Crippen LogP contribution in [0.1, 0.15) is 72.8 Å². The summed E-state index contributed by atoms with van der Waals surface area (Å²) in [6, 6.07) is 7.09. The van der Waals surface area contributed by atoms with Crippen LogP contribution < -0.4 is 10.5 Å². The molecule has 0 saturated heterocycles. The van der Waals surface area contributed by atoms with Crippen LogP contribution in [0.3, 0.4) is 0 Å². The number of nitrogens with two attached hydrogens (primary N) is 1. The van der Waals surface area contributed by atoms with Gasteiger partial charge in [0.2, 0.25) is 13.6 Å². The van der Waals surface area contributed by atoms with Crippen molar-refractivity contribution in [2.24, 2.45) is 10.8 Å². The van der Waals surface area contributed by atoms with Crippen molar-refractivity contribution in [2.75, 3.05) is 25.9 Å². The minimum atomic E-state index is -3.89. The highest BCUT2D eigenvalue weighted by molar-refractivity contribution is 7.53. The summed E-state index contributed by atoms with van der Waals surface area (Å²) in [5.41, 5.74) is 6.29. The van der Waals surface area contributed by atoms with Gasteiger partial charge in [-0.25, -0.2) is 15.0 Å². The van der Waals surface area contributed by atoms with Gasteiger partial charge in [-0.1, -0.05) is 25.0 Å². The highest BCUT2D eigenvalue weighted by Crippen LogP contribution is 2.51. The number of fused-ring (bicyclic) bond motifs is 1. The molecule has 14 heteroatoms. The number of ether oxygens (including phenoxy) is 3. The molecule has 3 aromatic rings. The number of carbonyl (C=O) groups excluding carboxylic acids is 2. The fraction of sp³-hybridized carbons (Fsp3) is 0.567. The molecular weight excluding hydrogens is 589 g/mol. The van der Waals surface area contributed by atoms with Crippen molar-refractivity contribution in [3.8, 4) is 5.75 Å². The highest BCUT2D eigenvalue weighted by Gasteiger charge is 2.30. The minimum Gasteiger partial charge on any atom is -0.494 e. The fourth-order valence-electron chi connectivity index (χ4n) is 3.83. The third-order valence-corrected chi connectivity index (χ3v) is 8.12. The van der Waals surface area contributed by atoms with Crippen LogP contribution in [-0.4, -0.2) is 51.7 Å². The largest absolute Gasteiger partial charge is 0.494 e. The minimum absolute atomic E-state index is 0.149. The summed E-state index contributed by atoms with van der Waals surface area (Å²) in [5, 5.41) is 0. The maximum absolute atomic E-state index is 13.6. The van der Waals surface area contributed by atoms with E-state index in [1.165, 1.54) is 6.33 Å². The van der Waals surface area contributed by atoms with E-state index in [1.807, 2.05) is 10.6 Å². The molecule has 0 unspecified atom stereocenters. The first-order chi connectivity index (χ1) is 20.7.